The molecule has 6 nitrogen and oxygen atoms in total. The van der Waals surface area contributed by atoms with Gasteiger partial charge in [0.1, 0.15) is 0 Å². The third kappa shape index (κ3) is 16.8. The maximum Gasteiger partial charge on any atom is 2.00 e. The van der Waals surface area contributed by atoms with Crippen molar-refractivity contribution in [1.82, 2.24) is 0 Å². The molecule has 0 heterocycles. The van der Waals surface area contributed by atoms with E-state index in [0.717, 1.165) is 51.4 Å². The summed E-state index contributed by atoms with van der Waals surface area (Å²) in [7, 11) is 0. The third-order valence-corrected chi connectivity index (χ3v) is 6.83. The van der Waals surface area contributed by atoms with E-state index in [0.29, 0.717) is 11.8 Å². The molecule has 0 aromatic rings. The van der Waals surface area contributed by atoms with Crippen molar-refractivity contribution >= 4 is 11.9 Å². The number of hydrogen-bond donors (Lipinski definition) is 2. The number of aliphatic carboxylic acids is 2. The third-order valence-electron chi connectivity index (χ3n) is 6.83. The topological polar surface area (TPSA) is 122 Å². The molecule has 0 aromatic carbocycles. The van der Waals surface area contributed by atoms with Crippen LogP contribution in [-0.4, -0.2) is 34.2 Å². The summed E-state index contributed by atoms with van der Waals surface area (Å²) in [5.41, 5.74) is 13.5. The van der Waals surface area contributed by atoms with E-state index in [4.69, 9.17) is 21.7 Å². The molecule has 0 bridgehead atoms. The van der Waals surface area contributed by atoms with Crippen LogP contribution in [-0.2, 0) is 30.7 Å². The van der Waals surface area contributed by atoms with E-state index < -0.39 is 22.8 Å². The van der Waals surface area contributed by atoms with Crippen LogP contribution < -0.4 is 0 Å². The average Bonchev–Trinajstić information content (AvgIpc) is 2.73. The van der Waals surface area contributed by atoms with Crippen molar-refractivity contribution in [3.63, 3.8) is 0 Å². The summed E-state index contributed by atoms with van der Waals surface area (Å²) in [5, 5.41) is 17.8. The predicted octanol–water partition coefficient (Wildman–Crippen LogP) is 8.25. The minimum Gasteiger partial charge on any atom is -0.676 e. The summed E-state index contributed by atoms with van der Waals surface area (Å²) in [6.07, 6.45) is 10.1. The predicted molar refractivity (Wildman–Crippen MR) is 135 cm³/mol. The molecule has 4 N–H and O–H groups in total. The Balaban J connectivity index is -0.000000410. The first-order valence-electron chi connectivity index (χ1n) is 12.6. The fraction of sp³-hybridized carbons (Fsp3) is 0.923. The zero-order valence-corrected chi connectivity index (χ0v) is 24.7. The molecule has 0 amide bonds. The molecule has 0 unspecified atom stereocenters. The first-order valence-corrected chi connectivity index (χ1v) is 12.6. The van der Waals surface area contributed by atoms with Crippen molar-refractivity contribution in [3.8, 4) is 0 Å². The monoisotopic (exact) mass is 651 g/mol. The van der Waals surface area contributed by atoms with Gasteiger partial charge in [-0.1, -0.05) is 79.1 Å². The second kappa shape index (κ2) is 18.8. The van der Waals surface area contributed by atoms with Crippen LogP contribution in [0.15, 0.2) is 0 Å². The molecule has 1 aliphatic carbocycles. The average molecular weight is 652 g/mol. The second-order valence-corrected chi connectivity index (χ2v) is 10.6. The summed E-state index contributed by atoms with van der Waals surface area (Å²) in [6.45, 7) is 15.7. The largest absolute Gasteiger partial charge is 2.00 e. The molecular weight excluding hydrogens is 599 g/mol. The Morgan fingerprint density at radius 1 is 0.727 bits per heavy atom. The quantitative estimate of drug-likeness (QED) is 0.247. The number of hydrogen-bond acceptors (Lipinski definition) is 2. The standard InChI is InChI=1S/2C10H20O2.C6H12N2.Pt/c2*1-5-8(6-2)7-10(3,4)9(11)12;7-5-3-1-2-4-6(5)8;/h2*8H,5-7H2,1-4H3,(H,11,12);5-8H,1-4H2;/q;;-2;+2/t;;5-,6-;/m..1./s1. The van der Waals surface area contributed by atoms with Crippen LogP contribution in [0.25, 0.3) is 11.5 Å². The minimum absolute atomic E-state index is 0. The second-order valence-electron chi connectivity index (χ2n) is 10.6. The van der Waals surface area contributed by atoms with Gasteiger partial charge in [0.05, 0.1) is 10.8 Å². The number of carboxylic acid groups (broad SMARTS) is 2. The van der Waals surface area contributed by atoms with Crippen LogP contribution >= 0.6 is 0 Å². The maximum absolute atomic E-state index is 10.8. The zero-order chi connectivity index (χ0) is 25.5. The van der Waals surface area contributed by atoms with Crippen molar-refractivity contribution in [2.75, 3.05) is 0 Å². The van der Waals surface area contributed by atoms with Crippen molar-refractivity contribution in [2.24, 2.45) is 22.7 Å². The van der Waals surface area contributed by atoms with Crippen LogP contribution in [0.5, 0.6) is 0 Å². The summed E-state index contributed by atoms with van der Waals surface area (Å²) in [4.78, 5) is 21.6. The van der Waals surface area contributed by atoms with E-state index in [1.807, 2.05) is 0 Å². The van der Waals surface area contributed by atoms with Crippen LogP contribution in [0.1, 0.15) is 120 Å². The van der Waals surface area contributed by atoms with Gasteiger partial charge < -0.3 is 21.7 Å². The van der Waals surface area contributed by atoms with E-state index in [1.54, 1.807) is 27.7 Å². The Labute approximate surface area is 218 Å². The fourth-order valence-corrected chi connectivity index (χ4v) is 3.90. The van der Waals surface area contributed by atoms with Gasteiger partial charge in [0.15, 0.2) is 0 Å². The summed E-state index contributed by atoms with van der Waals surface area (Å²) in [6, 6.07) is -0.160. The Morgan fingerprint density at radius 2 is 0.970 bits per heavy atom. The van der Waals surface area contributed by atoms with E-state index in [9.17, 15) is 9.59 Å². The van der Waals surface area contributed by atoms with Crippen LogP contribution in [0.4, 0.5) is 0 Å². The number of nitrogens with one attached hydrogen (secondary N) is 2. The van der Waals surface area contributed by atoms with Crippen LogP contribution in [0, 0.1) is 22.7 Å². The number of carboxylic acids is 2. The van der Waals surface area contributed by atoms with Gasteiger partial charge in [-0.15, -0.1) is 0 Å². The number of rotatable bonds is 10. The Hall–Kier alpha value is -0.452. The molecule has 0 saturated heterocycles. The van der Waals surface area contributed by atoms with Crippen molar-refractivity contribution in [2.45, 2.75) is 132 Å². The molecule has 1 fully saturated rings. The van der Waals surface area contributed by atoms with Gasteiger partial charge in [-0.25, -0.2) is 0 Å². The van der Waals surface area contributed by atoms with Gasteiger partial charge in [-0.3, -0.25) is 9.59 Å². The molecule has 2 atom stereocenters. The molecule has 0 radical (unpaired) electrons. The Morgan fingerprint density at radius 3 is 1.12 bits per heavy atom. The normalized spacial score (nSPS) is 18.4. The fourth-order valence-electron chi connectivity index (χ4n) is 3.90. The summed E-state index contributed by atoms with van der Waals surface area (Å²) >= 11 is 0. The molecule has 200 valence electrons. The minimum atomic E-state index is -0.686. The van der Waals surface area contributed by atoms with Gasteiger partial charge in [-0.05, 0) is 52.4 Å². The van der Waals surface area contributed by atoms with Crippen LogP contribution in [0.2, 0.25) is 0 Å². The van der Waals surface area contributed by atoms with Gasteiger partial charge in [-0.2, -0.15) is 12.1 Å². The van der Waals surface area contributed by atoms with Gasteiger partial charge in [0.2, 0.25) is 0 Å². The SMILES string of the molecule is CCC(CC)CC(C)(C)C(=O)O.CCC(CC)CC(C)(C)C(=O)O.[NH-][C@@H]1CCCC[C@H]1[NH-].[Pt+2]. The van der Waals surface area contributed by atoms with E-state index >= 15 is 0 Å². The molecule has 7 heteroatoms. The Kier molecular flexibility index (Phi) is 21.2. The zero-order valence-electron chi connectivity index (χ0n) is 22.4. The smallest absolute Gasteiger partial charge is 0.676 e. The summed E-state index contributed by atoms with van der Waals surface area (Å²) in [5.74, 6) is -0.268. The first kappa shape index (κ1) is 37.1. The van der Waals surface area contributed by atoms with E-state index in [-0.39, 0.29) is 33.1 Å². The van der Waals surface area contributed by atoms with Gasteiger partial charge >= 0.3 is 33.0 Å². The molecule has 1 saturated carbocycles. The van der Waals surface area contributed by atoms with Gasteiger partial charge in [0, 0.05) is 0 Å². The maximum atomic E-state index is 10.8. The van der Waals surface area contributed by atoms with Crippen molar-refractivity contribution in [1.29, 1.82) is 0 Å². The summed E-state index contributed by atoms with van der Waals surface area (Å²) < 4.78 is 0. The first-order chi connectivity index (χ1) is 14.7. The van der Waals surface area contributed by atoms with Crippen molar-refractivity contribution < 1.29 is 40.9 Å². The molecular formula is C26H52N2O4Pt. The van der Waals surface area contributed by atoms with Crippen molar-refractivity contribution in [3.05, 3.63) is 11.5 Å². The molecule has 33 heavy (non-hydrogen) atoms. The van der Waals surface area contributed by atoms with Crippen LogP contribution in [0.3, 0.4) is 0 Å². The Bertz CT molecular complexity index is 472. The van der Waals surface area contributed by atoms with E-state index in [2.05, 4.69) is 27.7 Å². The molecule has 0 aliphatic heterocycles. The molecule has 0 aromatic heterocycles. The molecule has 0 spiro atoms. The van der Waals surface area contributed by atoms with Gasteiger partial charge in [0.25, 0.3) is 0 Å². The molecule has 1 aliphatic rings. The van der Waals surface area contributed by atoms with E-state index in [1.165, 1.54) is 12.8 Å². The molecule has 1 rings (SSSR count). The number of carbonyl (C=O) groups is 2.